The van der Waals surface area contributed by atoms with Crippen LogP contribution >= 0.6 is 0 Å². The number of methoxy groups -OCH3 is 1. The number of nitrogens with one attached hydrogen (secondary N) is 1. The maximum atomic E-state index is 12.9. The molecule has 0 bridgehead atoms. The van der Waals surface area contributed by atoms with Gasteiger partial charge in [-0.3, -0.25) is 14.9 Å². The lowest BCUT2D eigenvalue weighted by molar-refractivity contribution is -0.149. The van der Waals surface area contributed by atoms with Crippen molar-refractivity contribution in [3.05, 3.63) is 83.6 Å². The van der Waals surface area contributed by atoms with Crippen molar-refractivity contribution in [3.8, 4) is 11.3 Å². The Hall–Kier alpha value is -3.38. The monoisotopic (exact) mass is 463 g/mol. The van der Waals surface area contributed by atoms with E-state index in [1.165, 1.54) is 12.7 Å². The Balaban J connectivity index is 1.71. The lowest BCUT2D eigenvalue weighted by Gasteiger charge is -2.24. The van der Waals surface area contributed by atoms with Crippen molar-refractivity contribution < 1.29 is 23.5 Å². The van der Waals surface area contributed by atoms with Crippen molar-refractivity contribution >= 4 is 11.9 Å². The molecule has 1 unspecified atom stereocenters. The van der Waals surface area contributed by atoms with E-state index in [2.05, 4.69) is 5.32 Å². The van der Waals surface area contributed by atoms with Gasteiger partial charge in [0.1, 0.15) is 30.2 Å². The summed E-state index contributed by atoms with van der Waals surface area (Å²) < 4.78 is 16.6. The molecule has 34 heavy (non-hydrogen) atoms. The molecule has 6 nitrogen and oxygen atoms in total. The Bertz CT molecular complexity index is 1060. The number of esters is 2. The van der Waals surface area contributed by atoms with Gasteiger partial charge in [-0.25, -0.2) is 0 Å². The SMILES string of the molecule is COC(=O)C(Cc1ccc(-c2ccc(C)cc2)o1)N[C@@H](CC(C)C)C(=O)OCc1ccccc1. The summed E-state index contributed by atoms with van der Waals surface area (Å²) in [6.07, 6.45) is 0.771. The van der Waals surface area contributed by atoms with Crippen LogP contribution in [0.2, 0.25) is 0 Å². The van der Waals surface area contributed by atoms with E-state index in [9.17, 15) is 9.59 Å². The van der Waals surface area contributed by atoms with Gasteiger partial charge in [0.25, 0.3) is 0 Å². The molecule has 3 rings (SSSR count). The summed E-state index contributed by atoms with van der Waals surface area (Å²) in [6, 6.07) is 19.9. The van der Waals surface area contributed by atoms with Crippen molar-refractivity contribution in [2.24, 2.45) is 5.92 Å². The highest BCUT2D eigenvalue weighted by Gasteiger charge is 2.30. The summed E-state index contributed by atoms with van der Waals surface area (Å²) in [4.78, 5) is 25.5. The van der Waals surface area contributed by atoms with Crippen LogP contribution in [0.5, 0.6) is 0 Å². The van der Waals surface area contributed by atoms with Gasteiger partial charge in [-0.05, 0) is 37.0 Å². The van der Waals surface area contributed by atoms with Crippen LogP contribution in [-0.2, 0) is 32.1 Å². The fraction of sp³-hybridized carbons (Fsp3) is 0.357. The third-order valence-electron chi connectivity index (χ3n) is 5.51. The zero-order valence-corrected chi connectivity index (χ0v) is 20.2. The minimum absolute atomic E-state index is 0.178. The van der Waals surface area contributed by atoms with Gasteiger partial charge in [0, 0.05) is 12.0 Å². The third-order valence-corrected chi connectivity index (χ3v) is 5.51. The molecule has 0 fully saturated rings. The van der Waals surface area contributed by atoms with Crippen LogP contribution in [0.4, 0.5) is 0 Å². The van der Waals surface area contributed by atoms with Gasteiger partial charge in [-0.15, -0.1) is 0 Å². The number of carbonyl (C=O) groups is 2. The fourth-order valence-corrected chi connectivity index (χ4v) is 3.69. The maximum absolute atomic E-state index is 12.9. The number of benzene rings is 2. The lowest BCUT2D eigenvalue weighted by Crippen LogP contribution is -2.49. The van der Waals surface area contributed by atoms with E-state index in [1.807, 2.05) is 87.5 Å². The molecule has 0 aliphatic carbocycles. The summed E-state index contributed by atoms with van der Waals surface area (Å²) in [7, 11) is 1.34. The Kier molecular flexibility index (Phi) is 9.05. The van der Waals surface area contributed by atoms with Gasteiger partial charge in [-0.2, -0.15) is 0 Å². The van der Waals surface area contributed by atoms with Crippen LogP contribution < -0.4 is 5.32 Å². The smallest absolute Gasteiger partial charge is 0.323 e. The molecule has 1 aromatic heterocycles. The van der Waals surface area contributed by atoms with Crippen LogP contribution in [0.15, 0.2) is 71.1 Å². The van der Waals surface area contributed by atoms with Crippen LogP contribution in [-0.4, -0.2) is 31.1 Å². The number of hydrogen-bond acceptors (Lipinski definition) is 6. The number of carbonyl (C=O) groups excluding carboxylic acids is 2. The summed E-state index contributed by atoms with van der Waals surface area (Å²) in [5, 5.41) is 3.17. The Morgan fingerprint density at radius 2 is 1.62 bits per heavy atom. The second kappa shape index (κ2) is 12.2. The first-order chi connectivity index (χ1) is 16.4. The predicted octanol–water partition coefficient (Wildman–Crippen LogP) is 5.09. The summed E-state index contributed by atoms with van der Waals surface area (Å²) in [5.41, 5.74) is 3.03. The third kappa shape index (κ3) is 7.32. The molecule has 0 amide bonds. The number of furan rings is 1. The molecule has 0 saturated carbocycles. The molecule has 6 heteroatoms. The molecule has 1 N–H and O–H groups in total. The molecule has 180 valence electrons. The van der Waals surface area contributed by atoms with Gasteiger partial charge in [0.05, 0.1) is 7.11 Å². The van der Waals surface area contributed by atoms with Crippen LogP contribution in [0.25, 0.3) is 11.3 Å². The van der Waals surface area contributed by atoms with E-state index in [0.717, 1.165) is 16.9 Å². The van der Waals surface area contributed by atoms with E-state index >= 15 is 0 Å². The molecular weight excluding hydrogens is 430 g/mol. The maximum Gasteiger partial charge on any atom is 0.323 e. The standard InChI is InChI=1S/C28H33NO5/c1-19(2)16-24(28(31)33-18-21-8-6-5-7-9-21)29-25(27(30)32-4)17-23-14-15-26(34-23)22-12-10-20(3)11-13-22/h5-15,19,24-25,29H,16-18H2,1-4H3/t24-,25?/m0/s1. The Morgan fingerprint density at radius 3 is 2.26 bits per heavy atom. The molecule has 0 radical (unpaired) electrons. The average Bonchev–Trinajstić information content (AvgIpc) is 3.30. The lowest BCUT2D eigenvalue weighted by atomic mass is 10.0. The topological polar surface area (TPSA) is 77.8 Å². The second-order valence-corrected chi connectivity index (χ2v) is 8.85. The highest BCUT2D eigenvalue weighted by molar-refractivity contribution is 5.80. The first-order valence-corrected chi connectivity index (χ1v) is 11.6. The van der Waals surface area contributed by atoms with Crippen molar-refractivity contribution in [3.63, 3.8) is 0 Å². The molecule has 3 aromatic rings. The van der Waals surface area contributed by atoms with E-state index < -0.39 is 24.0 Å². The quantitative estimate of drug-likeness (QED) is 0.399. The van der Waals surface area contributed by atoms with Gasteiger partial charge in [0.15, 0.2) is 0 Å². The van der Waals surface area contributed by atoms with Crippen LogP contribution in [0.1, 0.15) is 37.2 Å². The van der Waals surface area contributed by atoms with Crippen LogP contribution in [0, 0.1) is 12.8 Å². The van der Waals surface area contributed by atoms with Crippen molar-refractivity contribution in [2.45, 2.75) is 52.3 Å². The van der Waals surface area contributed by atoms with Crippen molar-refractivity contribution in [2.75, 3.05) is 7.11 Å². The van der Waals surface area contributed by atoms with Gasteiger partial charge >= 0.3 is 11.9 Å². The molecule has 2 atom stereocenters. The van der Waals surface area contributed by atoms with E-state index in [1.54, 1.807) is 0 Å². The van der Waals surface area contributed by atoms with Crippen molar-refractivity contribution in [1.29, 1.82) is 0 Å². The first kappa shape index (κ1) is 25.2. The van der Waals surface area contributed by atoms with E-state index in [4.69, 9.17) is 13.9 Å². The van der Waals surface area contributed by atoms with Gasteiger partial charge in [-0.1, -0.05) is 74.0 Å². The van der Waals surface area contributed by atoms with Crippen LogP contribution in [0.3, 0.4) is 0 Å². The highest BCUT2D eigenvalue weighted by Crippen LogP contribution is 2.23. The Labute approximate surface area is 201 Å². The summed E-state index contributed by atoms with van der Waals surface area (Å²) in [6.45, 7) is 6.25. The number of aryl methyl sites for hydroxylation is 1. The molecular formula is C28H33NO5. The average molecular weight is 464 g/mol. The normalized spacial score (nSPS) is 12.9. The molecule has 0 spiro atoms. The molecule has 0 aliphatic rings. The van der Waals surface area contributed by atoms with Gasteiger partial charge < -0.3 is 13.9 Å². The Morgan fingerprint density at radius 1 is 0.912 bits per heavy atom. The predicted molar refractivity (Wildman–Crippen MR) is 131 cm³/mol. The highest BCUT2D eigenvalue weighted by atomic mass is 16.5. The zero-order chi connectivity index (χ0) is 24.5. The first-order valence-electron chi connectivity index (χ1n) is 11.6. The fourth-order valence-electron chi connectivity index (χ4n) is 3.69. The minimum Gasteiger partial charge on any atom is -0.468 e. The minimum atomic E-state index is -0.755. The molecule has 0 saturated heterocycles. The van der Waals surface area contributed by atoms with Gasteiger partial charge in [0.2, 0.25) is 0 Å². The zero-order valence-electron chi connectivity index (χ0n) is 20.2. The number of ether oxygens (including phenoxy) is 2. The van der Waals surface area contributed by atoms with Crippen molar-refractivity contribution in [1.82, 2.24) is 5.32 Å². The number of hydrogen-bond donors (Lipinski definition) is 1. The molecule has 2 aromatic carbocycles. The largest absolute Gasteiger partial charge is 0.468 e. The summed E-state index contributed by atoms with van der Waals surface area (Å²) in [5.74, 6) is 0.708. The van der Waals surface area contributed by atoms with E-state index in [0.29, 0.717) is 12.2 Å². The van der Waals surface area contributed by atoms with E-state index in [-0.39, 0.29) is 18.9 Å². The summed E-state index contributed by atoms with van der Waals surface area (Å²) >= 11 is 0. The molecule has 1 heterocycles. The second-order valence-electron chi connectivity index (χ2n) is 8.85. The number of rotatable bonds is 11. The molecule has 0 aliphatic heterocycles.